The van der Waals surface area contributed by atoms with Gasteiger partial charge in [0.25, 0.3) is 0 Å². The van der Waals surface area contributed by atoms with Gasteiger partial charge in [-0.25, -0.2) is 0 Å². The zero-order chi connectivity index (χ0) is 43.0. The molecule has 0 amide bonds. The highest BCUT2D eigenvalue weighted by Crippen LogP contribution is 2.22. The van der Waals surface area contributed by atoms with Crippen LogP contribution in [0.25, 0.3) is 0 Å². The molecule has 1 saturated heterocycles. The summed E-state index contributed by atoms with van der Waals surface area (Å²) in [6.45, 7) is 3.34. The third-order valence-corrected chi connectivity index (χ3v) is 10.4. The first-order chi connectivity index (χ1) is 28.8. The Morgan fingerprint density at radius 2 is 0.949 bits per heavy atom. The summed E-state index contributed by atoms with van der Waals surface area (Å²) in [5.41, 5.74) is 0. The topological polar surface area (TPSA) is 152 Å². The van der Waals surface area contributed by atoms with Crippen LogP contribution in [0, 0.1) is 0 Å². The maximum absolute atomic E-state index is 12.8. The standard InChI is InChI=1S/C49H84O10/c1-3-5-7-9-11-13-15-17-19-20-21-22-24-26-28-30-32-34-36-38-45(52)58-42(41-57-49-48(55)47(54)46(53)43(39-50)59-49)40-56-44(51)37-35-33-31-29-27-25-23-18-16-14-12-10-8-6-4-2/h11,13,17-19,21-23,26,28,42-43,46-50,53-55H,3-10,12,14-16,20,24-25,27,29-41H2,1-2H3/b13-11+,19-17+,22-21+,23-18+,28-26+/t42-,43-,46+,47?,48?,49-/m1/s1. The number of hydrogen-bond acceptors (Lipinski definition) is 10. The second kappa shape index (κ2) is 39.5. The number of aliphatic hydroxyl groups is 4. The van der Waals surface area contributed by atoms with Gasteiger partial charge in [-0.05, 0) is 83.5 Å². The molecule has 4 N–H and O–H groups in total. The summed E-state index contributed by atoms with van der Waals surface area (Å²) in [4.78, 5) is 25.3. The summed E-state index contributed by atoms with van der Waals surface area (Å²) in [6.07, 6.45) is 40.8. The summed E-state index contributed by atoms with van der Waals surface area (Å²) in [5, 5.41) is 40.1. The summed E-state index contributed by atoms with van der Waals surface area (Å²) in [7, 11) is 0. The Morgan fingerprint density at radius 3 is 1.49 bits per heavy atom. The average molecular weight is 833 g/mol. The Kier molecular flexibility index (Phi) is 36.5. The van der Waals surface area contributed by atoms with Crippen LogP contribution in [-0.2, 0) is 28.5 Å². The molecule has 0 radical (unpaired) electrons. The van der Waals surface area contributed by atoms with E-state index in [-0.39, 0.29) is 26.1 Å². The number of ether oxygens (including phenoxy) is 4. The van der Waals surface area contributed by atoms with Gasteiger partial charge >= 0.3 is 11.9 Å². The minimum absolute atomic E-state index is 0.189. The molecule has 1 rings (SSSR count). The van der Waals surface area contributed by atoms with Gasteiger partial charge in [0.05, 0.1) is 13.2 Å². The van der Waals surface area contributed by atoms with Crippen molar-refractivity contribution >= 4 is 11.9 Å². The van der Waals surface area contributed by atoms with Crippen LogP contribution >= 0.6 is 0 Å². The van der Waals surface area contributed by atoms with Crippen molar-refractivity contribution in [3.8, 4) is 0 Å². The molecular formula is C49H84O10. The van der Waals surface area contributed by atoms with Gasteiger partial charge in [0.15, 0.2) is 12.4 Å². The van der Waals surface area contributed by atoms with Crippen LogP contribution in [0.2, 0.25) is 0 Å². The molecule has 0 aliphatic carbocycles. The molecule has 1 aliphatic rings. The number of aliphatic hydroxyl groups excluding tert-OH is 4. The van der Waals surface area contributed by atoms with Crippen LogP contribution in [0.4, 0.5) is 0 Å². The molecule has 2 unspecified atom stereocenters. The molecule has 59 heavy (non-hydrogen) atoms. The van der Waals surface area contributed by atoms with Crippen LogP contribution in [0.1, 0.15) is 181 Å². The SMILES string of the molecule is CCCCC/C=C/C/C=C/C/C=C/C/C=C/CCCCCC(=O)O[C@H](COC(=O)CCCCCCC/C=C/CCCCCCCC)CO[C@@H]1O[C@H](CO)[C@H](O)C(O)C1O. The van der Waals surface area contributed by atoms with Crippen molar-refractivity contribution in [3.05, 3.63) is 60.8 Å². The molecular weight excluding hydrogens is 749 g/mol. The van der Waals surface area contributed by atoms with E-state index in [1.807, 2.05) is 0 Å². The van der Waals surface area contributed by atoms with Gasteiger partial charge in [-0.15, -0.1) is 0 Å². The summed E-state index contributed by atoms with van der Waals surface area (Å²) >= 11 is 0. The lowest BCUT2D eigenvalue weighted by molar-refractivity contribution is -0.305. The van der Waals surface area contributed by atoms with Crippen LogP contribution in [-0.4, -0.2) is 89.0 Å². The lowest BCUT2D eigenvalue weighted by atomic mass is 9.99. The fourth-order valence-electron chi connectivity index (χ4n) is 6.64. The molecule has 0 aromatic heterocycles. The van der Waals surface area contributed by atoms with Crippen LogP contribution in [0.5, 0.6) is 0 Å². The van der Waals surface area contributed by atoms with Gasteiger partial charge in [0.2, 0.25) is 0 Å². The molecule has 0 spiro atoms. The Morgan fingerprint density at radius 1 is 0.525 bits per heavy atom. The maximum Gasteiger partial charge on any atom is 0.306 e. The fourth-order valence-corrected chi connectivity index (χ4v) is 6.64. The number of esters is 2. The van der Waals surface area contributed by atoms with Crippen molar-refractivity contribution in [2.45, 2.75) is 218 Å². The van der Waals surface area contributed by atoms with E-state index in [1.54, 1.807) is 0 Å². The second-order valence-corrected chi connectivity index (χ2v) is 15.8. The first-order valence-corrected chi connectivity index (χ1v) is 23.4. The zero-order valence-electron chi connectivity index (χ0n) is 37.0. The second-order valence-electron chi connectivity index (χ2n) is 15.8. The molecule has 0 saturated carbocycles. The highest BCUT2D eigenvalue weighted by atomic mass is 16.7. The van der Waals surface area contributed by atoms with E-state index in [4.69, 9.17) is 18.9 Å². The number of hydrogen-bond donors (Lipinski definition) is 4. The smallest absolute Gasteiger partial charge is 0.306 e. The quantitative estimate of drug-likeness (QED) is 0.0269. The van der Waals surface area contributed by atoms with Crippen molar-refractivity contribution in [2.75, 3.05) is 19.8 Å². The van der Waals surface area contributed by atoms with Crippen molar-refractivity contribution < 1.29 is 49.0 Å². The van der Waals surface area contributed by atoms with E-state index < -0.39 is 55.4 Å². The number of unbranched alkanes of at least 4 members (excludes halogenated alkanes) is 17. The van der Waals surface area contributed by atoms with Gasteiger partial charge in [-0.2, -0.15) is 0 Å². The summed E-state index contributed by atoms with van der Waals surface area (Å²) in [6, 6.07) is 0. The summed E-state index contributed by atoms with van der Waals surface area (Å²) in [5.74, 6) is -0.855. The largest absolute Gasteiger partial charge is 0.462 e. The molecule has 1 fully saturated rings. The van der Waals surface area contributed by atoms with E-state index in [9.17, 15) is 30.0 Å². The minimum atomic E-state index is -1.60. The molecule has 1 heterocycles. The van der Waals surface area contributed by atoms with Gasteiger partial charge in [-0.3, -0.25) is 9.59 Å². The number of carbonyl (C=O) groups is 2. The van der Waals surface area contributed by atoms with Crippen LogP contribution in [0.3, 0.4) is 0 Å². The molecule has 6 atom stereocenters. The number of allylic oxidation sites excluding steroid dienone is 10. The Hall–Kier alpha value is -2.60. The first-order valence-electron chi connectivity index (χ1n) is 23.4. The Labute approximate surface area is 358 Å². The minimum Gasteiger partial charge on any atom is -0.462 e. The monoisotopic (exact) mass is 833 g/mol. The molecule has 0 aromatic rings. The van der Waals surface area contributed by atoms with Gasteiger partial charge in [-0.1, -0.05) is 145 Å². The first kappa shape index (κ1) is 54.4. The van der Waals surface area contributed by atoms with Gasteiger partial charge in [0.1, 0.15) is 31.0 Å². The average Bonchev–Trinajstić information content (AvgIpc) is 3.23. The molecule has 10 nitrogen and oxygen atoms in total. The lowest BCUT2D eigenvalue weighted by Crippen LogP contribution is -2.59. The van der Waals surface area contributed by atoms with Crippen LogP contribution in [0.15, 0.2) is 60.8 Å². The van der Waals surface area contributed by atoms with Crippen LogP contribution < -0.4 is 0 Å². The number of carbonyl (C=O) groups excluding carboxylic acids is 2. The van der Waals surface area contributed by atoms with Crippen molar-refractivity contribution in [1.29, 1.82) is 0 Å². The van der Waals surface area contributed by atoms with E-state index in [2.05, 4.69) is 74.6 Å². The molecule has 0 bridgehead atoms. The Bertz CT molecular complexity index is 1150. The highest BCUT2D eigenvalue weighted by molar-refractivity contribution is 5.70. The predicted molar refractivity (Wildman–Crippen MR) is 238 cm³/mol. The fraction of sp³-hybridized carbons (Fsp3) is 0.755. The normalized spacial score (nSPS) is 20.5. The van der Waals surface area contributed by atoms with Crippen molar-refractivity contribution in [2.24, 2.45) is 0 Å². The third-order valence-electron chi connectivity index (χ3n) is 10.4. The third kappa shape index (κ3) is 31.0. The van der Waals surface area contributed by atoms with Gasteiger partial charge in [0, 0.05) is 12.8 Å². The molecule has 1 aliphatic heterocycles. The lowest BCUT2D eigenvalue weighted by Gasteiger charge is -2.39. The van der Waals surface area contributed by atoms with E-state index in [0.29, 0.717) is 12.8 Å². The zero-order valence-corrected chi connectivity index (χ0v) is 37.0. The number of rotatable bonds is 38. The Balaban J connectivity index is 2.36. The molecule has 10 heteroatoms. The van der Waals surface area contributed by atoms with Crippen molar-refractivity contribution in [3.63, 3.8) is 0 Å². The highest BCUT2D eigenvalue weighted by Gasteiger charge is 2.44. The maximum atomic E-state index is 12.8. The summed E-state index contributed by atoms with van der Waals surface area (Å²) < 4.78 is 22.1. The molecule has 340 valence electrons. The predicted octanol–water partition coefficient (Wildman–Crippen LogP) is 10.2. The van der Waals surface area contributed by atoms with E-state index in [0.717, 1.165) is 70.6 Å². The van der Waals surface area contributed by atoms with E-state index in [1.165, 1.54) is 70.6 Å². The van der Waals surface area contributed by atoms with Crippen molar-refractivity contribution in [1.82, 2.24) is 0 Å². The van der Waals surface area contributed by atoms with E-state index >= 15 is 0 Å². The molecule has 0 aromatic carbocycles. The van der Waals surface area contributed by atoms with Gasteiger partial charge < -0.3 is 39.4 Å².